The van der Waals surface area contributed by atoms with Gasteiger partial charge in [0, 0.05) is 13.0 Å². The summed E-state index contributed by atoms with van der Waals surface area (Å²) < 4.78 is 5.30. The van der Waals surface area contributed by atoms with Crippen LogP contribution < -0.4 is 15.4 Å². The second kappa shape index (κ2) is 8.45. The maximum atomic E-state index is 13.1. The Labute approximate surface area is 189 Å². The summed E-state index contributed by atoms with van der Waals surface area (Å²) in [4.78, 5) is 67.3. The summed E-state index contributed by atoms with van der Waals surface area (Å²) in [5, 5.41) is 4.92. The van der Waals surface area contributed by atoms with Crippen LogP contribution in [0, 0.1) is 0 Å². The maximum Gasteiger partial charge on any atom is 0.270 e. The van der Waals surface area contributed by atoms with E-state index in [9.17, 15) is 24.0 Å². The van der Waals surface area contributed by atoms with E-state index in [1.165, 1.54) is 25.3 Å². The fourth-order valence-electron chi connectivity index (χ4n) is 3.89. The van der Waals surface area contributed by atoms with E-state index in [1.807, 2.05) is 6.92 Å². The zero-order valence-corrected chi connectivity index (χ0v) is 18.1. The van der Waals surface area contributed by atoms with Gasteiger partial charge < -0.3 is 10.1 Å². The normalized spacial score (nSPS) is 19.9. The predicted molar refractivity (Wildman–Crippen MR) is 114 cm³/mol. The lowest BCUT2D eigenvalue weighted by molar-refractivity contribution is -0.140. The van der Waals surface area contributed by atoms with Crippen LogP contribution in [0.4, 0.5) is 0 Å². The highest BCUT2D eigenvalue weighted by molar-refractivity contribution is 6.24. The van der Waals surface area contributed by atoms with E-state index >= 15 is 0 Å². The van der Waals surface area contributed by atoms with Crippen molar-refractivity contribution in [2.24, 2.45) is 0 Å². The van der Waals surface area contributed by atoms with Gasteiger partial charge in [-0.1, -0.05) is 6.07 Å². The molecule has 0 bridgehead atoms. The third-order valence-corrected chi connectivity index (χ3v) is 5.76. The number of carbonyl (C=O) groups excluding carboxylic acids is 5. The first-order valence-corrected chi connectivity index (χ1v) is 10.5. The van der Waals surface area contributed by atoms with E-state index < -0.39 is 35.1 Å². The second-order valence-electron chi connectivity index (χ2n) is 7.97. The number of amides is 5. The van der Waals surface area contributed by atoms with Crippen LogP contribution in [0.2, 0.25) is 0 Å². The van der Waals surface area contributed by atoms with Gasteiger partial charge >= 0.3 is 0 Å². The fourth-order valence-corrected chi connectivity index (χ4v) is 3.89. The Morgan fingerprint density at radius 3 is 2.58 bits per heavy atom. The van der Waals surface area contributed by atoms with Crippen LogP contribution in [-0.4, -0.2) is 51.6 Å². The van der Waals surface area contributed by atoms with Crippen LogP contribution in [-0.2, 0) is 16.1 Å². The molecule has 0 spiro atoms. The molecular weight excluding hydrogens is 428 g/mol. The molecule has 3 heterocycles. The highest BCUT2D eigenvalue weighted by Gasteiger charge is 2.52. The summed E-state index contributed by atoms with van der Waals surface area (Å²) >= 11 is 0. The van der Waals surface area contributed by atoms with Crippen molar-refractivity contribution in [3.05, 3.63) is 58.9 Å². The number of ether oxygens (including phenoxy) is 1. The molecule has 1 saturated heterocycles. The molecule has 1 fully saturated rings. The number of nitrogens with one attached hydrogen (secondary N) is 2. The Morgan fingerprint density at radius 1 is 1.15 bits per heavy atom. The number of hydrogen-bond donors (Lipinski definition) is 2. The van der Waals surface area contributed by atoms with Crippen LogP contribution in [0.1, 0.15) is 63.5 Å². The minimum absolute atomic E-state index is 0.0342. The average Bonchev–Trinajstić information content (AvgIpc) is 3.05. The zero-order valence-electron chi connectivity index (χ0n) is 18.1. The minimum Gasteiger partial charge on any atom is -0.492 e. The van der Waals surface area contributed by atoms with Gasteiger partial charge in [-0.25, -0.2) is 4.98 Å². The lowest BCUT2D eigenvalue weighted by Crippen LogP contribution is -2.62. The molecule has 33 heavy (non-hydrogen) atoms. The molecule has 10 nitrogen and oxygen atoms in total. The number of piperidine rings is 1. The average molecular weight is 450 g/mol. The summed E-state index contributed by atoms with van der Waals surface area (Å²) in [5.41, 5.74) is -0.312. The summed E-state index contributed by atoms with van der Waals surface area (Å²) in [6.07, 6.45) is 1.55. The fraction of sp³-hybridized carbons (Fsp3) is 0.304. The van der Waals surface area contributed by atoms with Crippen LogP contribution in [0.25, 0.3) is 0 Å². The van der Waals surface area contributed by atoms with Crippen molar-refractivity contribution < 1.29 is 28.7 Å². The Hall–Kier alpha value is -4.08. The molecule has 0 saturated carbocycles. The van der Waals surface area contributed by atoms with Gasteiger partial charge in [-0.05, 0) is 50.1 Å². The first-order valence-electron chi connectivity index (χ1n) is 10.5. The number of nitrogens with zero attached hydrogens (tertiary/aromatic N) is 2. The molecule has 170 valence electrons. The third kappa shape index (κ3) is 3.95. The quantitative estimate of drug-likeness (QED) is 0.632. The summed E-state index contributed by atoms with van der Waals surface area (Å²) in [7, 11) is 0. The van der Waals surface area contributed by atoms with E-state index in [-0.39, 0.29) is 36.2 Å². The molecule has 1 unspecified atom stereocenters. The molecule has 5 amide bonds. The maximum absolute atomic E-state index is 13.1. The molecule has 0 aliphatic carbocycles. The molecule has 2 aromatic rings. The number of benzene rings is 1. The minimum atomic E-state index is -1.45. The van der Waals surface area contributed by atoms with Crippen LogP contribution in [0.15, 0.2) is 36.5 Å². The smallest absolute Gasteiger partial charge is 0.270 e. The van der Waals surface area contributed by atoms with Crippen molar-refractivity contribution >= 4 is 29.5 Å². The number of hydrogen-bond acceptors (Lipinski definition) is 7. The van der Waals surface area contributed by atoms with E-state index in [0.717, 1.165) is 4.90 Å². The number of imide groups is 2. The first-order chi connectivity index (χ1) is 15.7. The highest BCUT2D eigenvalue weighted by Crippen LogP contribution is 2.34. The van der Waals surface area contributed by atoms with Gasteiger partial charge in [0.2, 0.25) is 5.91 Å². The zero-order chi connectivity index (χ0) is 23.8. The molecule has 1 aromatic heterocycles. The predicted octanol–water partition coefficient (Wildman–Crippen LogP) is 1.20. The van der Waals surface area contributed by atoms with Gasteiger partial charge in [-0.15, -0.1) is 0 Å². The van der Waals surface area contributed by atoms with Gasteiger partial charge in [-0.3, -0.25) is 34.2 Å². The van der Waals surface area contributed by atoms with Crippen molar-refractivity contribution in [2.45, 2.75) is 38.8 Å². The Kier molecular flexibility index (Phi) is 5.67. The van der Waals surface area contributed by atoms with E-state index in [2.05, 4.69) is 15.6 Å². The van der Waals surface area contributed by atoms with Gasteiger partial charge in [0.1, 0.15) is 17.0 Å². The Bertz CT molecular complexity index is 1180. The molecular formula is C23H22N4O6. The Balaban J connectivity index is 1.48. The number of rotatable bonds is 6. The van der Waals surface area contributed by atoms with Gasteiger partial charge in [0.15, 0.2) is 0 Å². The molecule has 2 aliphatic heterocycles. The molecule has 1 aromatic carbocycles. The molecule has 1 atom stereocenters. The summed E-state index contributed by atoms with van der Waals surface area (Å²) in [5.74, 6) is -2.15. The molecule has 0 radical (unpaired) electrons. The second-order valence-corrected chi connectivity index (χ2v) is 7.97. The van der Waals surface area contributed by atoms with Crippen molar-refractivity contribution in [3.8, 4) is 5.75 Å². The largest absolute Gasteiger partial charge is 0.492 e. The highest BCUT2D eigenvalue weighted by atomic mass is 16.5. The standard InChI is InChI=1S/C23H22N4O6/c1-3-33-14-5-7-17(24-12-14)19(29)25-11-13-4-6-15-16(10-13)21(31)27(20(15)30)23(2)9-8-18(28)26-22(23)32/h4-7,10,12H,3,8-9,11H2,1-2H3,(H,25,29)(H,26,28,32). The van der Waals surface area contributed by atoms with Gasteiger partial charge in [0.25, 0.3) is 23.6 Å². The van der Waals surface area contributed by atoms with E-state index in [1.54, 1.807) is 18.2 Å². The van der Waals surface area contributed by atoms with Crippen LogP contribution >= 0.6 is 0 Å². The monoisotopic (exact) mass is 450 g/mol. The van der Waals surface area contributed by atoms with Gasteiger partial charge in [0.05, 0.1) is 23.9 Å². The third-order valence-electron chi connectivity index (χ3n) is 5.76. The van der Waals surface area contributed by atoms with Gasteiger partial charge in [-0.2, -0.15) is 0 Å². The lowest BCUT2D eigenvalue weighted by atomic mass is 9.89. The number of fused-ring (bicyclic) bond motifs is 1. The molecule has 4 rings (SSSR count). The van der Waals surface area contributed by atoms with E-state index in [0.29, 0.717) is 17.9 Å². The number of pyridine rings is 1. The molecule has 10 heteroatoms. The Morgan fingerprint density at radius 2 is 1.91 bits per heavy atom. The number of aromatic nitrogens is 1. The SMILES string of the molecule is CCOc1ccc(C(=O)NCc2ccc3c(c2)C(=O)N(C2(C)CCC(=O)NC2=O)C3=O)nc1. The molecule has 2 aliphatic rings. The summed E-state index contributed by atoms with van der Waals surface area (Å²) in [6, 6.07) is 7.85. The van der Waals surface area contributed by atoms with E-state index in [4.69, 9.17) is 4.74 Å². The van der Waals surface area contributed by atoms with Crippen LogP contribution in [0.5, 0.6) is 5.75 Å². The first kappa shape index (κ1) is 22.1. The number of carbonyl (C=O) groups is 5. The van der Waals surface area contributed by atoms with Crippen LogP contribution in [0.3, 0.4) is 0 Å². The van der Waals surface area contributed by atoms with Crippen molar-refractivity contribution in [2.75, 3.05) is 6.61 Å². The van der Waals surface area contributed by atoms with Crippen molar-refractivity contribution in [1.29, 1.82) is 0 Å². The topological polar surface area (TPSA) is 135 Å². The lowest BCUT2D eigenvalue weighted by Gasteiger charge is -2.38. The summed E-state index contributed by atoms with van der Waals surface area (Å²) in [6.45, 7) is 3.92. The van der Waals surface area contributed by atoms with Crippen molar-refractivity contribution in [1.82, 2.24) is 20.5 Å². The van der Waals surface area contributed by atoms with Crippen molar-refractivity contribution in [3.63, 3.8) is 0 Å². The molecule has 2 N–H and O–H groups in total.